The Morgan fingerprint density at radius 1 is 1.10 bits per heavy atom. The number of carboxylic acids is 1. The standard InChI is InChI=1S/C22H21N3O4.ClH/c1-29-18-9-7-15(8-10-18)20-19(14-25(23-20)17-5-3-2-4-6-17)21(26)24-12-11-16(13-24)22(27)28;/h2-10,14,16H,11-13H2,1H3,(H,27,28);1H. The molecule has 8 heteroatoms. The first kappa shape index (κ1) is 21.4. The van der Waals surface area contributed by atoms with Crippen molar-refractivity contribution in [2.45, 2.75) is 6.42 Å². The first-order valence-electron chi connectivity index (χ1n) is 9.38. The molecule has 0 bridgehead atoms. The van der Waals surface area contributed by atoms with Gasteiger partial charge < -0.3 is 14.7 Å². The van der Waals surface area contributed by atoms with E-state index < -0.39 is 11.9 Å². The zero-order chi connectivity index (χ0) is 20.4. The minimum Gasteiger partial charge on any atom is -0.497 e. The molecule has 0 saturated carbocycles. The number of carbonyl (C=O) groups excluding carboxylic acids is 1. The van der Waals surface area contributed by atoms with Crippen LogP contribution in [0.15, 0.2) is 60.8 Å². The Kier molecular flexibility index (Phi) is 6.42. The summed E-state index contributed by atoms with van der Waals surface area (Å²) in [6.45, 7) is 0.640. The van der Waals surface area contributed by atoms with Gasteiger partial charge in [-0.15, -0.1) is 12.4 Å². The summed E-state index contributed by atoms with van der Waals surface area (Å²) >= 11 is 0. The molecule has 1 N–H and O–H groups in total. The van der Waals surface area contributed by atoms with Crippen molar-refractivity contribution in [2.75, 3.05) is 20.2 Å². The third-order valence-electron chi connectivity index (χ3n) is 5.15. The molecule has 4 rings (SSSR count). The number of carboxylic acid groups (broad SMARTS) is 1. The van der Waals surface area contributed by atoms with Crippen molar-refractivity contribution in [1.29, 1.82) is 0 Å². The molecule has 0 spiro atoms. The number of para-hydroxylation sites is 1. The number of hydrogen-bond acceptors (Lipinski definition) is 4. The molecule has 0 aliphatic carbocycles. The van der Waals surface area contributed by atoms with Crippen LogP contribution < -0.4 is 4.74 Å². The SMILES string of the molecule is COc1ccc(-c2nn(-c3ccccc3)cc2C(=O)N2CCC(C(=O)O)C2)cc1.Cl. The van der Waals surface area contributed by atoms with Crippen molar-refractivity contribution < 1.29 is 19.4 Å². The Labute approximate surface area is 180 Å². The largest absolute Gasteiger partial charge is 0.497 e. The number of amides is 1. The maximum absolute atomic E-state index is 13.2. The molecule has 1 aliphatic heterocycles. The highest BCUT2D eigenvalue weighted by molar-refractivity contribution is 6.00. The van der Waals surface area contributed by atoms with Crippen molar-refractivity contribution in [3.05, 3.63) is 66.4 Å². The maximum atomic E-state index is 13.2. The van der Waals surface area contributed by atoms with Crippen molar-refractivity contribution in [3.8, 4) is 22.7 Å². The van der Waals surface area contributed by atoms with Crippen molar-refractivity contribution in [1.82, 2.24) is 14.7 Å². The van der Waals surface area contributed by atoms with Crippen molar-refractivity contribution in [3.63, 3.8) is 0 Å². The average Bonchev–Trinajstić information content (AvgIpc) is 3.42. The number of rotatable bonds is 5. The molecule has 2 aromatic carbocycles. The fraction of sp³-hybridized carbons (Fsp3) is 0.227. The number of nitrogens with zero attached hydrogens (tertiary/aromatic N) is 3. The maximum Gasteiger partial charge on any atom is 0.308 e. The lowest BCUT2D eigenvalue weighted by atomic mass is 10.1. The summed E-state index contributed by atoms with van der Waals surface area (Å²) in [5.41, 5.74) is 2.63. The Bertz CT molecular complexity index is 1030. The molecule has 1 atom stereocenters. The molecule has 1 fully saturated rings. The number of hydrogen-bond donors (Lipinski definition) is 1. The van der Waals surface area contributed by atoms with Gasteiger partial charge in [0.15, 0.2) is 0 Å². The fourth-order valence-corrected chi connectivity index (χ4v) is 3.52. The second-order valence-corrected chi connectivity index (χ2v) is 6.98. The Balaban J connectivity index is 0.00000256. The van der Waals surface area contributed by atoms with Gasteiger partial charge in [0.25, 0.3) is 5.91 Å². The fourth-order valence-electron chi connectivity index (χ4n) is 3.52. The van der Waals surface area contributed by atoms with Crippen molar-refractivity contribution in [2.24, 2.45) is 5.92 Å². The Morgan fingerprint density at radius 3 is 2.40 bits per heavy atom. The van der Waals surface area contributed by atoms with Gasteiger partial charge in [-0.2, -0.15) is 5.10 Å². The molecule has 1 aromatic heterocycles. The molecule has 0 radical (unpaired) electrons. The van der Waals surface area contributed by atoms with Crippen LogP contribution in [-0.4, -0.2) is 51.9 Å². The van der Waals surface area contributed by atoms with Crippen LogP contribution in [0.3, 0.4) is 0 Å². The predicted octanol–water partition coefficient (Wildman–Crippen LogP) is 3.52. The first-order valence-corrected chi connectivity index (χ1v) is 9.38. The molecular formula is C22H22ClN3O4. The van der Waals surface area contributed by atoms with E-state index in [4.69, 9.17) is 4.74 Å². The van der Waals surface area contributed by atoms with E-state index in [1.807, 2.05) is 54.6 Å². The normalized spacial score (nSPS) is 15.5. The summed E-state index contributed by atoms with van der Waals surface area (Å²) in [5.74, 6) is -0.877. The average molecular weight is 428 g/mol. The van der Waals surface area contributed by atoms with Gasteiger partial charge in [0.1, 0.15) is 11.4 Å². The van der Waals surface area contributed by atoms with Gasteiger partial charge in [-0.25, -0.2) is 4.68 Å². The van der Waals surface area contributed by atoms with Gasteiger partial charge in [0, 0.05) is 24.8 Å². The van der Waals surface area contributed by atoms with Crippen LogP contribution in [0.4, 0.5) is 0 Å². The number of ether oxygens (including phenoxy) is 1. The minimum absolute atomic E-state index is 0. The lowest BCUT2D eigenvalue weighted by molar-refractivity contribution is -0.141. The highest BCUT2D eigenvalue weighted by Gasteiger charge is 2.33. The van der Waals surface area contributed by atoms with E-state index in [9.17, 15) is 14.7 Å². The molecule has 3 aromatic rings. The van der Waals surface area contributed by atoms with E-state index in [0.29, 0.717) is 30.0 Å². The number of aliphatic carboxylic acids is 1. The van der Waals surface area contributed by atoms with E-state index in [2.05, 4.69) is 5.10 Å². The number of methoxy groups -OCH3 is 1. The molecule has 1 amide bonds. The van der Waals surface area contributed by atoms with Gasteiger partial charge in [-0.05, 0) is 42.8 Å². The molecule has 156 valence electrons. The van der Waals surface area contributed by atoms with Gasteiger partial charge in [-0.3, -0.25) is 9.59 Å². The predicted molar refractivity (Wildman–Crippen MR) is 114 cm³/mol. The summed E-state index contributed by atoms with van der Waals surface area (Å²) < 4.78 is 6.89. The first-order chi connectivity index (χ1) is 14.1. The number of aromatic nitrogens is 2. The van der Waals surface area contributed by atoms with E-state index >= 15 is 0 Å². The summed E-state index contributed by atoms with van der Waals surface area (Å²) in [4.78, 5) is 26.1. The van der Waals surface area contributed by atoms with E-state index in [1.165, 1.54) is 0 Å². The van der Waals surface area contributed by atoms with Gasteiger partial charge in [-0.1, -0.05) is 18.2 Å². The molecular weight excluding hydrogens is 406 g/mol. The lowest BCUT2D eigenvalue weighted by Gasteiger charge is -2.15. The molecule has 2 heterocycles. The van der Waals surface area contributed by atoms with Crippen LogP contribution in [0.25, 0.3) is 16.9 Å². The quantitative estimate of drug-likeness (QED) is 0.673. The van der Waals surface area contributed by atoms with Crippen molar-refractivity contribution >= 4 is 24.3 Å². The molecule has 1 unspecified atom stereocenters. The third kappa shape index (κ3) is 4.16. The summed E-state index contributed by atoms with van der Waals surface area (Å²) in [5, 5.41) is 13.9. The van der Waals surface area contributed by atoms with Crippen LogP contribution in [0, 0.1) is 5.92 Å². The zero-order valence-electron chi connectivity index (χ0n) is 16.4. The smallest absolute Gasteiger partial charge is 0.308 e. The summed E-state index contributed by atoms with van der Waals surface area (Å²) in [6, 6.07) is 16.9. The van der Waals surface area contributed by atoms with E-state index in [1.54, 1.807) is 22.9 Å². The number of benzene rings is 2. The second kappa shape index (κ2) is 9.00. The molecule has 30 heavy (non-hydrogen) atoms. The Morgan fingerprint density at radius 2 is 1.80 bits per heavy atom. The van der Waals surface area contributed by atoms with Crippen LogP contribution in [0.5, 0.6) is 5.75 Å². The Hall–Kier alpha value is -3.32. The van der Waals surface area contributed by atoms with E-state index in [0.717, 1.165) is 11.3 Å². The minimum atomic E-state index is -0.865. The second-order valence-electron chi connectivity index (χ2n) is 6.98. The highest BCUT2D eigenvalue weighted by atomic mass is 35.5. The van der Waals surface area contributed by atoms with Crippen LogP contribution in [0.1, 0.15) is 16.8 Å². The van der Waals surface area contributed by atoms with E-state index in [-0.39, 0.29) is 24.9 Å². The number of likely N-dealkylation sites (tertiary alicyclic amines) is 1. The topological polar surface area (TPSA) is 84.7 Å². The zero-order valence-corrected chi connectivity index (χ0v) is 17.2. The molecule has 1 aliphatic rings. The van der Waals surface area contributed by atoms with Gasteiger partial charge in [0.2, 0.25) is 0 Å². The summed E-state index contributed by atoms with van der Waals surface area (Å²) in [6.07, 6.45) is 2.18. The number of halogens is 1. The van der Waals surface area contributed by atoms with Gasteiger partial charge in [0.05, 0.1) is 24.3 Å². The van der Waals surface area contributed by atoms with Gasteiger partial charge >= 0.3 is 5.97 Å². The number of carbonyl (C=O) groups is 2. The highest BCUT2D eigenvalue weighted by Crippen LogP contribution is 2.28. The van der Waals surface area contributed by atoms with Crippen LogP contribution in [0.2, 0.25) is 0 Å². The lowest BCUT2D eigenvalue weighted by Crippen LogP contribution is -2.30. The van der Waals surface area contributed by atoms with Crippen LogP contribution >= 0.6 is 12.4 Å². The molecule has 7 nitrogen and oxygen atoms in total. The monoisotopic (exact) mass is 427 g/mol. The summed E-state index contributed by atoms with van der Waals surface area (Å²) in [7, 11) is 1.60. The third-order valence-corrected chi connectivity index (χ3v) is 5.15. The molecule has 1 saturated heterocycles. The van der Waals surface area contributed by atoms with Crippen LogP contribution in [-0.2, 0) is 4.79 Å².